The number of carbonyl (C=O) groups is 2. The first kappa shape index (κ1) is 10.6. The number of carboxylic acids is 1. The van der Waals surface area contributed by atoms with Gasteiger partial charge in [-0.25, -0.2) is 14.8 Å². The van der Waals surface area contributed by atoms with Gasteiger partial charge in [0, 0.05) is 12.0 Å². The minimum absolute atomic E-state index is 0.0529. The van der Waals surface area contributed by atoms with E-state index in [0.717, 1.165) is 0 Å². The standard InChI is InChI=1S/C13H8N2O3/c16-11-6-7(13(17)18)5-10-12(11)15-9-4-2-1-3-8(9)14-10/h1-5H,6H2,(H,17,18). The zero-order chi connectivity index (χ0) is 12.7. The molecule has 2 aromatic rings. The molecule has 1 heterocycles. The van der Waals surface area contributed by atoms with Crippen LogP contribution in [-0.2, 0) is 4.79 Å². The molecule has 0 fully saturated rings. The first-order valence-corrected chi connectivity index (χ1v) is 5.39. The van der Waals surface area contributed by atoms with Crippen LogP contribution in [0.4, 0.5) is 0 Å². The first-order valence-electron chi connectivity index (χ1n) is 5.39. The van der Waals surface area contributed by atoms with Gasteiger partial charge in [0.1, 0.15) is 5.69 Å². The van der Waals surface area contributed by atoms with Crippen molar-refractivity contribution in [1.29, 1.82) is 0 Å². The predicted molar refractivity (Wildman–Crippen MR) is 64.1 cm³/mol. The van der Waals surface area contributed by atoms with Gasteiger partial charge >= 0.3 is 5.97 Å². The van der Waals surface area contributed by atoms with E-state index in [4.69, 9.17) is 5.11 Å². The van der Waals surface area contributed by atoms with Crippen molar-refractivity contribution in [2.75, 3.05) is 0 Å². The van der Waals surface area contributed by atoms with E-state index in [-0.39, 0.29) is 23.5 Å². The molecule has 0 spiro atoms. The van der Waals surface area contributed by atoms with E-state index in [2.05, 4.69) is 9.97 Å². The number of rotatable bonds is 1. The number of carboxylic acid groups (broad SMARTS) is 1. The van der Waals surface area contributed by atoms with Gasteiger partial charge in [-0.2, -0.15) is 0 Å². The van der Waals surface area contributed by atoms with Gasteiger partial charge in [-0.1, -0.05) is 12.1 Å². The van der Waals surface area contributed by atoms with Crippen LogP contribution in [0, 0.1) is 0 Å². The molecule has 3 rings (SSSR count). The van der Waals surface area contributed by atoms with Crippen LogP contribution >= 0.6 is 0 Å². The average Bonchev–Trinajstić information content (AvgIpc) is 2.36. The third-order valence-corrected chi connectivity index (χ3v) is 2.80. The van der Waals surface area contributed by atoms with Crippen LogP contribution in [0.25, 0.3) is 17.1 Å². The Morgan fingerprint density at radius 1 is 1.17 bits per heavy atom. The van der Waals surface area contributed by atoms with Gasteiger partial charge in [0.15, 0.2) is 5.78 Å². The van der Waals surface area contributed by atoms with Crippen molar-refractivity contribution in [2.45, 2.75) is 6.42 Å². The average molecular weight is 240 g/mol. The second-order valence-corrected chi connectivity index (χ2v) is 4.02. The topological polar surface area (TPSA) is 80.2 Å². The molecule has 1 aromatic heterocycles. The highest BCUT2D eigenvalue weighted by Gasteiger charge is 2.24. The maximum atomic E-state index is 11.8. The third kappa shape index (κ3) is 1.57. The van der Waals surface area contributed by atoms with Crippen molar-refractivity contribution in [3.63, 3.8) is 0 Å². The van der Waals surface area contributed by atoms with E-state index in [0.29, 0.717) is 16.7 Å². The number of fused-ring (bicyclic) bond motifs is 2. The fourth-order valence-electron chi connectivity index (χ4n) is 1.93. The summed E-state index contributed by atoms with van der Waals surface area (Å²) in [5, 5.41) is 8.93. The molecule has 0 unspecified atom stereocenters. The van der Waals surface area contributed by atoms with Crippen LogP contribution in [0.1, 0.15) is 22.6 Å². The molecule has 5 heteroatoms. The van der Waals surface area contributed by atoms with Crippen molar-refractivity contribution < 1.29 is 14.7 Å². The Kier molecular flexibility index (Phi) is 2.19. The highest BCUT2D eigenvalue weighted by molar-refractivity contribution is 6.09. The van der Waals surface area contributed by atoms with Crippen molar-refractivity contribution in [3.8, 4) is 0 Å². The van der Waals surface area contributed by atoms with Crippen LogP contribution < -0.4 is 0 Å². The highest BCUT2D eigenvalue weighted by Crippen LogP contribution is 2.23. The smallest absolute Gasteiger partial charge is 0.332 e. The summed E-state index contributed by atoms with van der Waals surface area (Å²) in [5.41, 5.74) is 1.92. The number of ketones is 1. The molecule has 18 heavy (non-hydrogen) atoms. The molecule has 0 atom stereocenters. The van der Waals surface area contributed by atoms with E-state index in [9.17, 15) is 9.59 Å². The Balaban J connectivity index is 2.28. The predicted octanol–water partition coefficient (Wildman–Crippen LogP) is 1.68. The summed E-state index contributed by atoms with van der Waals surface area (Å²) in [4.78, 5) is 31.3. The second kappa shape index (κ2) is 3.73. The Bertz CT molecular complexity index is 719. The summed E-state index contributed by atoms with van der Waals surface area (Å²) < 4.78 is 0. The Hall–Kier alpha value is -2.56. The van der Waals surface area contributed by atoms with Crippen LogP contribution in [0.3, 0.4) is 0 Å². The van der Waals surface area contributed by atoms with Crippen molar-refractivity contribution in [2.24, 2.45) is 0 Å². The highest BCUT2D eigenvalue weighted by atomic mass is 16.4. The van der Waals surface area contributed by atoms with E-state index < -0.39 is 5.97 Å². The van der Waals surface area contributed by atoms with Crippen molar-refractivity contribution >= 4 is 28.9 Å². The molecule has 88 valence electrons. The van der Waals surface area contributed by atoms with E-state index in [1.807, 2.05) is 12.1 Å². The fraction of sp³-hybridized carbons (Fsp3) is 0.0769. The number of aliphatic carboxylic acids is 1. The number of hydrogen-bond acceptors (Lipinski definition) is 4. The molecule has 0 amide bonds. The van der Waals surface area contributed by atoms with Crippen LogP contribution in [-0.4, -0.2) is 26.8 Å². The number of Topliss-reactive ketones (excluding diaryl/α,β-unsaturated/α-hetero) is 1. The zero-order valence-electron chi connectivity index (χ0n) is 9.25. The number of carbonyl (C=O) groups excluding carboxylic acids is 1. The van der Waals surface area contributed by atoms with Crippen molar-refractivity contribution in [3.05, 3.63) is 41.2 Å². The van der Waals surface area contributed by atoms with Crippen LogP contribution in [0.2, 0.25) is 0 Å². The molecule has 0 saturated carbocycles. The Morgan fingerprint density at radius 2 is 1.83 bits per heavy atom. The van der Waals surface area contributed by atoms with Gasteiger partial charge in [0.2, 0.25) is 0 Å². The number of nitrogens with zero attached hydrogens (tertiary/aromatic N) is 2. The number of para-hydroxylation sites is 2. The maximum absolute atomic E-state index is 11.8. The van der Waals surface area contributed by atoms with Gasteiger partial charge in [-0.15, -0.1) is 0 Å². The molecular weight excluding hydrogens is 232 g/mol. The molecule has 0 radical (unpaired) electrons. The molecule has 1 N–H and O–H groups in total. The van der Waals surface area contributed by atoms with Gasteiger partial charge < -0.3 is 5.11 Å². The molecule has 1 aliphatic rings. The Morgan fingerprint density at radius 3 is 2.50 bits per heavy atom. The molecule has 0 aliphatic heterocycles. The second-order valence-electron chi connectivity index (χ2n) is 4.02. The van der Waals surface area contributed by atoms with Gasteiger partial charge in [0.05, 0.1) is 16.7 Å². The summed E-state index contributed by atoms with van der Waals surface area (Å²) in [6.45, 7) is 0. The first-order chi connectivity index (χ1) is 8.65. The van der Waals surface area contributed by atoms with Gasteiger partial charge in [0.25, 0.3) is 0 Å². The van der Waals surface area contributed by atoms with E-state index in [1.165, 1.54) is 6.08 Å². The summed E-state index contributed by atoms with van der Waals surface area (Å²) in [6, 6.07) is 7.17. The number of aromatic nitrogens is 2. The minimum atomic E-state index is -1.09. The van der Waals surface area contributed by atoms with Gasteiger partial charge in [-0.3, -0.25) is 4.79 Å². The number of benzene rings is 1. The lowest BCUT2D eigenvalue weighted by atomic mass is 9.98. The minimum Gasteiger partial charge on any atom is -0.478 e. The maximum Gasteiger partial charge on any atom is 0.332 e. The van der Waals surface area contributed by atoms with Crippen LogP contribution in [0.15, 0.2) is 29.8 Å². The third-order valence-electron chi connectivity index (χ3n) is 2.80. The lowest BCUT2D eigenvalue weighted by Crippen LogP contribution is -2.16. The molecule has 0 saturated heterocycles. The normalized spacial score (nSPS) is 14.2. The quantitative estimate of drug-likeness (QED) is 0.820. The summed E-state index contributed by atoms with van der Waals surface area (Å²) in [7, 11) is 0. The summed E-state index contributed by atoms with van der Waals surface area (Å²) in [5.74, 6) is -1.40. The molecule has 5 nitrogen and oxygen atoms in total. The lowest BCUT2D eigenvalue weighted by molar-refractivity contribution is -0.132. The van der Waals surface area contributed by atoms with Crippen LogP contribution in [0.5, 0.6) is 0 Å². The fourth-order valence-corrected chi connectivity index (χ4v) is 1.93. The SMILES string of the molecule is O=C(O)C1=Cc2nc3ccccc3nc2C(=O)C1. The molecule has 1 aliphatic carbocycles. The molecule has 1 aromatic carbocycles. The number of hydrogen-bond donors (Lipinski definition) is 1. The lowest BCUT2D eigenvalue weighted by Gasteiger charge is -2.12. The summed E-state index contributed by atoms with van der Waals surface area (Å²) >= 11 is 0. The van der Waals surface area contributed by atoms with Gasteiger partial charge in [-0.05, 0) is 18.2 Å². The Labute approximate surface area is 102 Å². The molecule has 0 bridgehead atoms. The monoisotopic (exact) mass is 240 g/mol. The molecular formula is C13H8N2O3. The van der Waals surface area contributed by atoms with E-state index >= 15 is 0 Å². The van der Waals surface area contributed by atoms with E-state index in [1.54, 1.807) is 12.1 Å². The largest absolute Gasteiger partial charge is 0.478 e. The zero-order valence-corrected chi connectivity index (χ0v) is 9.25. The van der Waals surface area contributed by atoms with Crippen molar-refractivity contribution in [1.82, 2.24) is 9.97 Å². The summed E-state index contributed by atoms with van der Waals surface area (Å²) in [6.07, 6.45) is 1.29.